The maximum absolute atomic E-state index is 11.9. The number of amides is 4. The standard InChI is InChI=1S/C15H17N3O4/c1-9(19)16-11-4-2-10(3-5-11)8-14(21)17-12-6-7-13(20)18-15(12)22/h2-5,12H,6-8H2,1H3,(H,16,19)(H,17,21)(H,18,20,22)/t12-/m1/s1. The molecule has 1 heterocycles. The largest absolute Gasteiger partial charge is 0.344 e. The summed E-state index contributed by atoms with van der Waals surface area (Å²) in [6.45, 7) is 1.42. The van der Waals surface area contributed by atoms with Crippen LogP contribution in [-0.2, 0) is 25.6 Å². The predicted octanol–water partition coefficient (Wildman–Crippen LogP) is 0.109. The van der Waals surface area contributed by atoms with Crippen molar-refractivity contribution in [1.82, 2.24) is 10.6 Å². The van der Waals surface area contributed by atoms with Crippen LogP contribution in [0.2, 0.25) is 0 Å². The van der Waals surface area contributed by atoms with Crippen LogP contribution < -0.4 is 16.0 Å². The zero-order chi connectivity index (χ0) is 16.1. The van der Waals surface area contributed by atoms with Crippen LogP contribution in [0.1, 0.15) is 25.3 Å². The molecule has 7 nitrogen and oxygen atoms in total. The Hall–Kier alpha value is -2.70. The molecule has 0 saturated carbocycles. The molecule has 7 heteroatoms. The van der Waals surface area contributed by atoms with Gasteiger partial charge in [0.25, 0.3) is 0 Å². The van der Waals surface area contributed by atoms with Crippen molar-refractivity contribution in [3.8, 4) is 0 Å². The number of rotatable bonds is 4. The van der Waals surface area contributed by atoms with E-state index in [2.05, 4.69) is 16.0 Å². The Labute approximate surface area is 127 Å². The highest BCUT2D eigenvalue weighted by Gasteiger charge is 2.27. The molecule has 1 aliphatic heterocycles. The number of carbonyl (C=O) groups excluding carboxylic acids is 4. The number of benzene rings is 1. The summed E-state index contributed by atoms with van der Waals surface area (Å²) >= 11 is 0. The van der Waals surface area contributed by atoms with Gasteiger partial charge in [0.15, 0.2) is 0 Å². The number of nitrogens with one attached hydrogen (secondary N) is 3. The summed E-state index contributed by atoms with van der Waals surface area (Å²) in [5, 5.41) is 7.44. The summed E-state index contributed by atoms with van der Waals surface area (Å²) in [7, 11) is 0. The first-order valence-electron chi connectivity index (χ1n) is 6.93. The molecule has 1 aromatic rings. The first-order valence-corrected chi connectivity index (χ1v) is 6.93. The minimum atomic E-state index is -0.663. The van der Waals surface area contributed by atoms with Crippen molar-refractivity contribution >= 4 is 29.3 Å². The molecule has 2 rings (SSSR count). The van der Waals surface area contributed by atoms with Crippen LogP contribution >= 0.6 is 0 Å². The van der Waals surface area contributed by atoms with Crippen molar-refractivity contribution in [3.63, 3.8) is 0 Å². The van der Waals surface area contributed by atoms with E-state index >= 15 is 0 Å². The summed E-state index contributed by atoms with van der Waals surface area (Å²) in [4.78, 5) is 45.4. The lowest BCUT2D eigenvalue weighted by Crippen LogP contribution is -2.52. The Morgan fingerprint density at radius 3 is 2.50 bits per heavy atom. The fraction of sp³-hybridized carbons (Fsp3) is 0.333. The molecule has 22 heavy (non-hydrogen) atoms. The molecule has 0 unspecified atom stereocenters. The highest BCUT2D eigenvalue weighted by Crippen LogP contribution is 2.10. The molecule has 0 bridgehead atoms. The Balaban J connectivity index is 1.87. The highest BCUT2D eigenvalue weighted by molar-refractivity contribution is 6.01. The lowest BCUT2D eigenvalue weighted by molar-refractivity contribution is -0.137. The molecule has 1 aromatic carbocycles. The van der Waals surface area contributed by atoms with E-state index in [1.54, 1.807) is 24.3 Å². The van der Waals surface area contributed by atoms with Gasteiger partial charge in [0, 0.05) is 19.0 Å². The van der Waals surface area contributed by atoms with Gasteiger partial charge in [-0.15, -0.1) is 0 Å². The van der Waals surface area contributed by atoms with Crippen molar-refractivity contribution in [2.24, 2.45) is 0 Å². The first-order chi connectivity index (χ1) is 10.4. The van der Waals surface area contributed by atoms with Gasteiger partial charge in [-0.25, -0.2) is 0 Å². The molecule has 1 atom stereocenters. The SMILES string of the molecule is CC(=O)Nc1ccc(CC(=O)N[C@@H]2CCC(=O)NC2=O)cc1. The molecule has 0 aromatic heterocycles. The van der Waals surface area contributed by atoms with Gasteiger partial charge in [-0.1, -0.05) is 12.1 Å². The molecule has 116 valence electrons. The predicted molar refractivity (Wildman–Crippen MR) is 78.8 cm³/mol. The fourth-order valence-electron chi connectivity index (χ4n) is 2.17. The normalized spacial score (nSPS) is 17.6. The molecule has 0 aliphatic carbocycles. The third kappa shape index (κ3) is 4.41. The van der Waals surface area contributed by atoms with Gasteiger partial charge in [-0.2, -0.15) is 0 Å². The van der Waals surface area contributed by atoms with Crippen LogP contribution in [-0.4, -0.2) is 29.7 Å². The molecule has 0 spiro atoms. The van der Waals surface area contributed by atoms with Gasteiger partial charge in [-0.3, -0.25) is 24.5 Å². The second-order valence-electron chi connectivity index (χ2n) is 5.13. The number of piperidine rings is 1. The minimum Gasteiger partial charge on any atom is -0.344 e. The number of hydrogen-bond donors (Lipinski definition) is 3. The Morgan fingerprint density at radius 2 is 1.91 bits per heavy atom. The van der Waals surface area contributed by atoms with Crippen LogP contribution in [0.15, 0.2) is 24.3 Å². The van der Waals surface area contributed by atoms with E-state index in [-0.39, 0.29) is 30.6 Å². The average Bonchev–Trinajstić information content (AvgIpc) is 2.43. The molecular formula is C15H17N3O4. The van der Waals surface area contributed by atoms with Crippen LogP contribution in [0.4, 0.5) is 5.69 Å². The van der Waals surface area contributed by atoms with Crippen molar-refractivity contribution in [3.05, 3.63) is 29.8 Å². The third-order valence-electron chi connectivity index (χ3n) is 3.21. The second kappa shape index (κ2) is 6.84. The number of hydrogen-bond acceptors (Lipinski definition) is 4. The molecule has 4 amide bonds. The zero-order valence-electron chi connectivity index (χ0n) is 12.1. The number of anilines is 1. The van der Waals surface area contributed by atoms with Crippen LogP contribution in [0.5, 0.6) is 0 Å². The summed E-state index contributed by atoms with van der Waals surface area (Å²) in [5.41, 5.74) is 1.42. The first kappa shape index (κ1) is 15.7. The quantitative estimate of drug-likeness (QED) is 0.687. The van der Waals surface area contributed by atoms with Gasteiger partial charge >= 0.3 is 0 Å². The number of carbonyl (C=O) groups is 4. The lowest BCUT2D eigenvalue weighted by atomic mass is 10.1. The monoisotopic (exact) mass is 303 g/mol. The van der Waals surface area contributed by atoms with Gasteiger partial charge in [-0.05, 0) is 24.1 Å². The smallest absolute Gasteiger partial charge is 0.249 e. The Morgan fingerprint density at radius 1 is 1.23 bits per heavy atom. The lowest BCUT2D eigenvalue weighted by Gasteiger charge is -2.21. The molecule has 1 fully saturated rings. The topological polar surface area (TPSA) is 104 Å². The fourth-order valence-corrected chi connectivity index (χ4v) is 2.17. The second-order valence-corrected chi connectivity index (χ2v) is 5.13. The van der Waals surface area contributed by atoms with E-state index in [0.717, 1.165) is 5.56 Å². The van der Waals surface area contributed by atoms with Crippen molar-refractivity contribution in [1.29, 1.82) is 0 Å². The molecule has 1 aliphatic rings. The van der Waals surface area contributed by atoms with E-state index in [1.807, 2.05) is 0 Å². The maximum Gasteiger partial charge on any atom is 0.249 e. The number of imide groups is 1. The van der Waals surface area contributed by atoms with Gasteiger partial charge in [0.1, 0.15) is 6.04 Å². The van der Waals surface area contributed by atoms with Crippen LogP contribution in [0.3, 0.4) is 0 Å². The average molecular weight is 303 g/mol. The van der Waals surface area contributed by atoms with Gasteiger partial charge in [0.2, 0.25) is 23.6 Å². The van der Waals surface area contributed by atoms with E-state index < -0.39 is 11.9 Å². The van der Waals surface area contributed by atoms with Crippen LogP contribution in [0, 0.1) is 0 Å². The van der Waals surface area contributed by atoms with E-state index in [1.165, 1.54) is 6.92 Å². The highest BCUT2D eigenvalue weighted by atomic mass is 16.2. The van der Waals surface area contributed by atoms with Crippen molar-refractivity contribution < 1.29 is 19.2 Å². The maximum atomic E-state index is 11.9. The zero-order valence-corrected chi connectivity index (χ0v) is 12.1. The Bertz CT molecular complexity index is 610. The van der Waals surface area contributed by atoms with Gasteiger partial charge in [0.05, 0.1) is 6.42 Å². The molecular weight excluding hydrogens is 286 g/mol. The summed E-state index contributed by atoms with van der Waals surface area (Å²) in [5.74, 6) is -1.24. The molecule has 1 saturated heterocycles. The van der Waals surface area contributed by atoms with Crippen LogP contribution in [0.25, 0.3) is 0 Å². The van der Waals surface area contributed by atoms with Gasteiger partial charge < -0.3 is 10.6 Å². The molecule has 0 radical (unpaired) electrons. The third-order valence-corrected chi connectivity index (χ3v) is 3.21. The minimum absolute atomic E-state index is 0.123. The van der Waals surface area contributed by atoms with E-state index in [9.17, 15) is 19.2 Å². The summed E-state index contributed by atoms with van der Waals surface area (Å²) in [6.07, 6.45) is 0.665. The van der Waals surface area contributed by atoms with Crippen molar-refractivity contribution in [2.45, 2.75) is 32.2 Å². The van der Waals surface area contributed by atoms with E-state index in [4.69, 9.17) is 0 Å². The van der Waals surface area contributed by atoms with Crippen molar-refractivity contribution in [2.75, 3.05) is 5.32 Å². The summed E-state index contributed by atoms with van der Waals surface area (Å²) < 4.78 is 0. The van der Waals surface area contributed by atoms with E-state index in [0.29, 0.717) is 12.1 Å². The summed E-state index contributed by atoms with van der Waals surface area (Å²) in [6, 6.07) is 6.21. The molecule has 3 N–H and O–H groups in total. The Kier molecular flexibility index (Phi) is 4.88.